The van der Waals surface area contributed by atoms with Crippen LogP contribution in [0.15, 0.2) is 35.3 Å². The molecule has 20 heavy (non-hydrogen) atoms. The van der Waals surface area contributed by atoms with Crippen LogP contribution < -0.4 is 5.32 Å². The number of aryl methyl sites for hydroxylation is 2. The second kappa shape index (κ2) is 7.55. The van der Waals surface area contributed by atoms with Gasteiger partial charge in [0.05, 0.1) is 0 Å². The monoisotopic (exact) mass is 336 g/mol. The molecule has 0 aromatic carbocycles. The molecule has 2 rings (SSSR count). The second-order valence-corrected chi connectivity index (χ2v) is 5.85. The molecule has 1 atom stereocenters. The number of pyridine rings is 1. The summed E-state index contributed by atoms with van der Waals surface area (Å²) >= 11 is 3.49. The van der Waals surface area contributed by atoms with E-state index < -0.39 is 0 Å². The molecular weight excluding hydrogens is 316 g/mol. The summed E-state index contributed by atoms with van der Waals surface area (Å²) in [4.78, 5) is 8.66. The van der Waals surface area contributed by atoms with Crippen molar-refractivity contribution >= 4 is 15.9 Å². The van der Waals surface area contributed by atoms with Gasteiger partial charge >= 0.3 is 0 Å². The highest BCUT2D eigenvalue weighted by Gasteiger charge is 2.13. The van der Waals surface area contributed by atoms with Crippen LogP contribution in [0.1, 0.15) is 37.2 Å². The normalized spacial score (nSPS) is 12.6. The van der Waals surface area contributed by atoms with Crippen LogP contribution in [0.3, 0.4) is 0 Å². The highest BCUT2D eigenvalue weighted by Crippen LogP contribution is 2.21. The van der Waals surface area contributed by atoms with Crippen molar-refractivity contribution in [2.24, 2.45) is 7.05 Å². The first-order valence-corrected chi connectivity index (χ1v) is 7.80. The average Bonchev–Trinajstić information content (AvgIpc) is 2.84. The molecule has 0 bridgehead atoms. The molecule has 108 valence electrons. The van der Waals surface area contributed by atoms with Gasteiger partial charge < -0.3 is 9.88 Å². The van der Waals surface area contributed by atoms with Gasteiger partial charge in [0.25, 0.3) is 0 Å². The van der Waals surface area contributed by atoms with Gasteiger partial charge in [0.2, 0.25) is 0 Å². The van der Waals surface area contributed by atoms with E-state index in [1.54, 1.807) is 0 Å². The zero-order valence-electron chi connectivity index (χ0n) is 12.0. The van der Waals surface area contributed by atoms with Crippen LogP contribution in [0, 0.1) is 0 Å². The molecule has 0 aliphatic heterocycles. The molecule has 4 nitrogen and oxygen atoms in total. The van der Waals surface area contributed by atoms with Gasteiger partial charge in [-0.15, -0.1) is 0 Å². The molecule has 1 N–H and O–H groups in total. The van der Waals surface area contributed by atoms with E-state index in [2.05, 4.69) is 48.8 Å². The fourth-order valence-corrected chi connectivity index (χ4v) is 2.62. The van der Waals surface area contributed by atoms with Crippen LogP contribution in [-0.2, 0) is 13.5 Å². The molecule has 2 heterocycles. The van der Waals surface area contributed by atoms with Crippen LogP contribution in [0.2, 0.25) is 0 Å². The highest BCUT2D eigenvalue weighted by molar-refractivity contribution is 9.10. The van der Waals surface area contributed by atoms with E-state index in [1.165, 1.54) is 5.56 Å². The molecule has 0 aliphatic carbocycles. The average molecular weight is 337 g/mol. The lowest BCUT2D eigenvalue weighted by Crippen LogP contribution is -2.23. The molecule has 0 saturated carbocycles. The second-order valence-electron chi connectivity index (χ2n) is 4.94. The summed E-state index contributed by atoms with van der Waals surface area (Å²) < 4.78 is 3.10. The first kappa shape index (κ1) is 15.2. The van der Waals surface area contributed by atoms with Gasteiger partial charge in [0, 0.05) is 48.8 Å². The smallest absolute Gasteiger partial charge is 0.108 e. The Labute approximate surface area is 128 Å². The van der Waals surface area contributed by atoms with Crippen molar-refractivity contribution in [3.05, 3.63) is 46.7 Å². The van der Waals surface area contributed by atoms with Gasteiger partial charge in [-0.05, 0) is 46.9 Å². The van der Waals surface area contributed by atoms with Gasteiger partial charge in [-0.2, -0.15) is 0 Å². The van der Waals surface area contributed by atoms with Crippen molar-refractivity contribution in [1.29, 1.82) is 0 Å². The zero-order chi connectivity index (χ0) is 14.4. The van der Waals surface area contributed by atoms with E-state index in [9.17, 15) is 0 Å². The number of nitrogens with zero attached hydrogens (tertiary/aromatic N) is 3. The molecule has 2 aromatic heterocycles. The van der Waals surface area contributed by atoms with Gasteiger partial charge in [-0.25, -0.2) is 4.98 Å². The minimum absolute atomic E-state index is 0.316. The quantitative estimate of drug-likeness (QED) is 0.843. The summed E-state index contributed by atoms with van der Waals surface area (Å²) in [6, 6.07) is 2.45. The first-order valence-electron chi connectivity index (χ1n) is 7.00. The summed E-state index contributed by atoms with van der Waals surface area (Å²) in [5, 5.41) is 3.60. The topological polar surface area (TPSA) is 42.7 Å². The van der Waals surface area contributed by atoms with Crippen molar-refractivity contribution in [1.82, 2.24) is 19.9 Å². The van der Waals surface area contributed by atoms with E-state index in [0.29, 0.717) is 6.04 Å². The summed E-state index contributed by atoms with van der Waals surface area (Å²) in [6.07, 6.45) is 10.7. The van der Waals surface area contributed by atoms with Crippen LogP contribution in [-0.4, -0.2) is 21.1 Å². The minimum Gasteiger partial charge on any atom is -0.338 e. The fourth-order valence-electron chi connectivity index (χ4n) is 2.23. The Morgan fingerprint density at radius 2 is 2.25 bits per heavy atom. The summed E-state index contributed by atoms with van der Waals surface area (Å²) in [6.45, 7) is 3.19. The predicted octanol–water partition coefficient (Wildman–Crippen LogP) is 3.25. The minimum atomic E-state index is 0.316. The summed E-state index contributed by atoms with van der Waals surface area (Å²) in [7, 11) is 2.04. The SMILES string of the molecule is CCCNC(CCc1nccn1C)c1cncc(Br)c1. The third-order valence-corrected chi connectivity index (χ3v) is 3.78. The Kier molecular flexibility index (Phi) is 5.73. The van der Waals surface area contributed by atoms with Crippen molar-refractivity contribution in [2.45, 2.75) is 32.2 Å². The number of imidazole rings is 1. The standard InChI is InChI=1S/C15H21BrN4/c1-3-6-18-14(12-9-13(16)11-17-10-12)4-5-15-19-7-8-20(15)2/h7-11,14,18H,3-6H2,1-2H3. The van der Waals surface area contributed by atoms with Crippen LogP contribution >= 0.6 is 15.9 Å². The lowest BCUT2D eigenvalue weighted by atomic mass is 10.0. The molecule has 0 spiro atoms. The van der Waals surface area contributed by atoms with Crippen molar-refractivity contribution in [2.75, 3.05) is 6.54 Å². The van der Waals surface area contributed by atoms with Gasteiger partial charge in [0.15, 0.2) is 0 Å². The predicted molar refractivity (Wildman–Crippen MR) is 84.5 cm³/mol. The number of rotatable bonds is 7. The lowest BCUT2D eigenvalue weighted by molar-refractivity contribution is 0.490. The van der Waals surface area contributed by atoms with Gasteiger partial charge in [-0.3, -0.25) is 4.98 Å². The maximum absolute atomic E-state index is 4.39. The molecule has 0 aliphatic rings. The van der Waals surface area contributed by atoms with Gasteiger partial charge in [-0.1, -0.05) is 6.92 Å². The molecule has 0 amide bonds. The van der Waals surface area contributed by atoms with Crippen LogP contribution in [0.4, 0.5) is 0 Å². The molecule has 0 radical (unpaired) electrons. The Hall–Kier alpha value is -1.20. The van der Waals surface area contributed by atoms with E-state index >= 15 is 0 Å². The Balaban J connectivity index is 2.05. The molecular formula is C15H21BrN4. The Morgan fingerprint density at radius 1 is 1.40 bits per heavy atom. The van der Waals surface area contributed by atoms with Crippen LogP contribution in [0.5, 0.6) is 0 Å². The molecule has 1 unspecified atom stereocenters. The largest absolute Gasteiger partial charge is 0.338 e. The maximum atomic E-state index is 4.39. The van der Waals surface area contributed by atoms with E-state index in [-0.39, 0.29) is 0 Å². The Bertz CT molecular complexity index is 538. The molecule has 0 fully saturated rings. The molecule has 0 saturated heterocycles. The number of halogens is 1. The molecule has 2 aromatic rings. The number of nitrogens with one attached hydrogen (secondary N) is 1. The van der Waals surface area contributed by atoms with Gasteiger partial charge in [0.1, 0.15) is 5.82 Å². The number of hydrogen-bond acceptors (Lipinski definition) is 3. The third-order valence-electron chi connectivity index (χ3n) is 3.35. The summed E-state index contributed by atoms with van der Waals surface area (Å²) in [5.41, 5.74) is 1.22. The molecule has 5 heteroatoms. The number of hydrogen-bond donors (Lipinski definition) is 1. The van der Waals surface area contributed by atoms with E-state index in [1.807, 2.05) is 31.8 Å². The fraction of sp³-hybridized carbons (Fsp3) is 0.467. The summed E-state index contributed by atoms with van der Waals surface area (Å²) in [5.74, 6) is 1.12. The van der Waals surface area contributed by atoms with Crippen molar-refractivity contribution in [3.8, 4) is 0 Å². The maximum Gasteiger partial charge on any atom is 0.108 e. The zero-order valence-corrected chi connectivity index (χ0v) is 13.6. The van der Waals surface area contributed by atoms with Crippen LogP contribution in [0.25, 0.3) is 0 Å². The first-order chi connectivity index (χ1) is 9.70. The van der Waals surface area contributed by atoms with E-state index in [0.717, 1.165) is 36.1 Å². The lowest BCUT2D eigenvalue weighted by Gasteiger charge is -2.18. The third kappa shape index (κ3) is 4.15. The number of aromatic nitrogens is 3. The van der Waals surface area contributed by atoms with E-state index in [4.69, 9.17) is 0 Å². The Morgan fingerprint density at radius 3 is 2.90 bits per heavy atom. The van der Waals surface area contributed by atoms with Crippen molar-refractivity contribution in [3.63, 3.8) is 0 Å². The highest BCUT2D eigenvalue weighted by atomic mass is 79.9. The van der Waals surface area contributed by atoms with Crippen molar-refractivity contribution < 1.29 is 0 Å².